The lowest BCUT2D eigenvalue weighted by Gasteiger charge is -2.31. The highest BCUT2D eigenvalue weighted by molar-refractivity contribution is 6.30. The number of likely N-dealkylation sites (N-methyl/N-ethyl adjacent to an activating group) is 1. The Morgan fingerprint density at radius 1 is 0.939 bits per heavy atom. The molecule has 0 spiro atoms. The van der Waals surface area contributed by atoms with E-state index in [2.05, 4.69) is 5.32 Å². The maximum Gasteiger partial charge on any atom is 0.261 e. The largest absolute Gasteiger partial charge is 0.484 e. The molecule has 0 aliphatic carbocycles. The van der Waals surface area contributed by atoms with Crippen molar-refractivity contribution in [2.45, 2.75) is 32.9 Å². The first-order valence-corrected chi connectivity index (χ1v) is 11.4. The molecular formula is C27H29ClN2O3. The average molecular weight is 465 g/mol. The van der Waals surface area contributed by atoms with E-state index in [0.29, 0.717) is 23.7 Å². The maximum atomic E-state index is 13.4. The molecule has 6 heteroatoms. The van der Waals surface area contributed by atoms with E-state index in [1.165, 1.54) is 0 Å². The summed E-state index contributed by atoms with van der Waals surface area (Å²) < 4.78 is 5.76. The number of ether oxygens (including phenoxy) is 1. The minimum Gasteiger partial charge on any atom is -0.484 e. The number of aryl methyl sites for hydroxylation is 1. The minimum atomic E-state index is -0.683. The van der Waals surface area contributed by atoms with Crippen LogP contribution in [0.3, 0.4) is 0 Å². The summed E-state index contributed by atoms with van der Waals surface area (Å²) in [5, 5.41) is 3.50. The lowest BCUT2D eigenvalue weighted by molar-refractivity contribution is -0.142. The quantitative estimate of drug-likeness (QED) is 0.468. The van der Waals surface area contributed by atoms with Crippen LogP contribution in [-0.4, -0.2) is 35.9 Å². The van der Waals surface area contributed by atoms with E-state index >= 15 is 0 Å². The van der Waals surface area contributed by atoms with Crippen LogP contribution in [0.2, 0.25) is 5.02 Å². The third kappa shape index (κ3) is 7.36. The average Bonchev–Trinajstić information content (AvgIpc) is 2.82. The summed E-state index contributed by atoms with van der Waals surface area (Å²) in [5.74, 6) is 0.148. The summed E-state index contributed by atoms with van der Waals surface area (Å²) >= 11 is 6.04. The van der Waals surface area contributed by atoms with E-state index in [9.17, 15) is 9.59 Å². The summed E-state index contributed by atoms with van der Waals surface area (Å²) in [6, 6.07) is 23.8. The Bertz CT molecular complexity index is 1040. The molecule has 1 N–H and O–H groups in total. The molecule has 0 aliphatic heterocycles. The van der Waals surface area contributed by atoms with Gasteiger partial charge in [-0.15, -0.1) is 0 Å². The van der Waals surface area contributed by atoms with E-state index in [1.54, 1.807) is 17.0 Å². The number of benzene rings is 3. The van der Waals surface area contributed by atoms with E-state index in [1.807, 2.05) is 80.6 Å². The summed E-state index contributed by atoms with van der Waals surface area (Å²) in [5.41, 5.74) is 2.96. The lowest BCUT2D eigenvalue weighted by atomic mass is 10.0. The molecule has 0 aromatic heterocycles. The van der Waals surface area contributed by atoms with Gasteiger partial charge in [-0.25, -0.2) is 0 Å². The van der Waals surface area contributed by atoms with Gasteiger partial charge in [0.05, 0.1) is 0 Å². The summed E-state index contributed by atoms with van der Waals surface area (Å²) in [4.78, 5) is 28.1. The Morgan fingerprint density at radius 3 is 2.24 bits per heavy atom. The van der Waals surface area contributed by atoms with E-state index in [-0.39, 0.29) is 25.0 Å². The van der Waals surface area contributed by atoms with Crippen molar-refractivity contribution in [3.8, 4) is 5.75 Å². The molecule has 0 saturated carbocycles. The zero-order valence-electron chi connectivity index (χ0n) is 19.0. The van der Waals surface area contributed by atoms with Crippen molar-refractivity contribution in [3.05, 3.63) is 101 Å². The van der Waals surface area contributed by atoms with Crippen LogP contribution < -0.4 is 10.1 Å². The Labute approximate surface area is 200 Å². The molecule has 3 aromatic carbocycles. The predicted octanol–water partition coefficient (Wildman–Crippen LogP) is 4.80. The molecule has 1 unspecified atom stereocenters. The van der Waals surface area contributed by atoms with Crippen molar-refractivity contribution in [3.63, 3.8) is 0 Å². The highest BCUT2D eigenvalue weighted by Gasteiger charge is 2.30. The fraction of sp³-hybridized carbons (Fsp3) is 0.259. The first-order chi connectivity index (χ1) is 16.0. The molecule has 2 amide bonds. The van der Waals surface area contributed by atoms with Crippen LogP contribution in [0, 0.1) is 6.92 Å². The van der Waals surface area contributed by atoms with Gasteiger partial charge in [-0.3, -0.25) is 9.59 Å². The van der Waals surface area contributed by atoms with Crippen LogP contribution in [-0.2, 0) is 22.6 Å². The summed E-state index contributed by atoms with van der Waals surface area (Å²) in [6.45, 7) is 4.43. The number of halogens is 1. The van der Waals surface area contributed by atoms with Gasteiger partial charge in [0, 0.05) is 24.5 Å². The predicted molar refractivity (Wildman–Crippen MR) is 131 cm³/mol. The van der Waals surface area contributed by atoms with Gasteiger partial charge in [0.15, 0.2) is 6.61 Å². The Balaban J connectivity index is 1.87. The molecule has 33 heavy (non-hydrogen) atoms. The van der Waals surface area contributed by atoms with E-state index in [0.717, 1.165) is 16.7 Å². The standard InChI is InChI=1S/C27H29ClN2O3/c1-3-29-27(32)25(17-21-7-5-4-6-8-21)30(18-22-11-13-23(28)14-12-22)26(31)19-33-24-15-9-20(2)10-16-24/h4-16,25H,3,17-19H2,1-2H3,(H,29,32). The monoisotopic (exact) mass is 464 g/mol. The molecular weight excluding hydrogens is 436 g/mol. The van der Waals surface area contributed by atoms with E-state index < -0.39 is 6.04 Å². The zero-order chi connectivity index (χ0) is 23.6. The highest BCUT2D eigenvalue weighted by Crippen LogP contribution is 2.18. The van der Waals surface area contributed by atoms with Gasteiger partial charge in [-0.1, -0.05) is 71.8 Å². The minimum absolute atomic E-state index is 0.165. The molecule has 3 aromatic rings. The smallest absolute Gasteiger partial charge is 0.261 e. The van der Waals surface area contributed by atoms with Crippen LogP contribution in [0.4, 0.5) is 0 Å². The van der Waals surface area contributed by atoms with Crippen molar-refractivity contribution < 1.29 is 14.3 Å². The van der Waals surface area contributed by atoms with Crippen LogP contribution in [0.1, 0.15) is 23.6 Å². The first-order valence-electron chi connectivity index (χ1n) is 11.0. The van der Waals surface area contributed by atoms with Gasteiger partial charge in [0.1, 0.15) is 11.8 Å². The summed E-state index contributed by atoms with van der Waals surface area (Å²) in [7, 11) is 0. The Morgan fingerprint density at radius 2 is 1.61 bits per heavy atom. The number of amides is 2. The molecule has 0 heterocycles. The van der Waals surface area contributed by atoms with Crippen molar-refractivity contribution in [1.82, 2.24) is 10.2 Å². The molecule has 5 nitrogen and oxygen atoms in total. The van der Waals surface area contributed by atoms with Gasteiger partial charge < -0.3 is 15.0 Å². The first kappa shape index (κ1) is 24.3. The van der Waals surface area contributed by atoms with Crippen molar-refractivity contribution in [2.24, 2.45) is 0 Å². The Hall–Kier alpha value is -3.31. The second kappa shape index (κ2) is 12.1. The third-order valence-corrected chi connectivity index (χ3v) is 5.52. The molecule has 3 rings (SSSR count). The normalized spacial score (nSPS) is 11.5. The maximum absolute atomic E-state index is 13.4. The fourth-order valence-electron chi connectivity index (χ4n) is 3.49. The van der Waals surface area contributed by atoms with Crippen LogP contribution in [0.15, 0.2) is 78.9 Å². The van der Waals surface area contributed by atoms with Crippen molar-refractivity contribution in [1.29, 1.82) is 0 Å². The zero-order valence-corrected chi connectivity index (χ0v) is 19.7. The van der Waals surface area contributed by atoms with E-state index in [4.69, 9.17) is 16.3 Å². The number of nitrogens with zero attached hydrogens (tertiary/aromatic N) is 1. The van der Waals surface area contributed by atoms with Gasteiger partial charge >= 0.3 is 0 Å². The molecule has 0 radical (unpaired) electrons. The van der Waals surface area contributed by atoms with Gasteiger partial charge in [-0.2, -0.15) is 0 Å². The number of rotatable bonds is 10. The molecule has 0 saturated heterocycles. The second-order valence-corrected chi connectivity index (χ2v) is 8.29. The number of carbonyl (C=O) groups excluding carboxylic acids is 2. The Kier molecular flexibility index (Phi) is 8.90. The molecule has 172 valence electrons. The number of hydrogen-bond acceptors (Lipinski definition) is 3. The second-order valence-electron chi connectivity index (χ2n) is 7.85. The van der Waals surface area contributed by atoms with Crippen molar-refractivity contribution >= 4 is 23.4 Å². The molecule has 0 aliphatic rings. The topological polar surface area (TPSA) is 58.6 Å². The SMILES string of the molecule is CCNC(=O)C(Cc1ccccc1)N(Cc1ccc(Cl)cc1)C(=O)COc1ccc(C)cc1. The van der Waals surface area contributed by atoms with Crippen LogP contribution >= 0.6 is 11.6 Å². The molecule has 0 fully saturated rings. The number of hydrogen-bond donors (Lipinski definition) is 1. The third-order valence-electron chi connectivity index (χ3n) is 5.27. The summed E-state index contributed by atoms with van der Waals surface area (Å²) in [6.07, 6.45) is 0.399. The lowest BCUT2D eigenvalue weighted by Crippen LogP contribution is -2.51. The van der Waals surface area contributed by atoms with Crippen LogP contribution in [0.5, 0.6) is 5.75 Å². The number of carbonyl (C=O) groups is 2. The number of nitrogens with one attached hydrogen (secondary N) is 1. The van der Waals surface area contributed by atoms with Crippen LogP contribution in [0.25, 0.3) is 0 Å². The molecule has 1 atom stereocenters. The van der Waals surface area contributed by atoms with Crippen molar-refractivity contribution in [2.75, 3.05) is 13.2 Å². The highest BCUT2D eigenvalue weighted by atomic mass is 35.5. The van der Waals surface area contributed by atoms with Gasteiger partial charge in [0.25, 0.3) is 5.91 Å². The van der Waals surface area contributed by atoms with Gasteiger partial charge in [-0.05, 0) is 49.2 Å². The fourth-order valence-corrected chi connectivity index (χ4v) is 3.62. The van der Waals surface area contributed by atoms with Gasteiger partial charge in [0.2, 0.25) is 5.91 Å². The molecule has 0 bridgehead atoms.